The van der Waals surface area contributed by atoms with Crippen LogP contribution in [0.25, 0.3) is 11.4 Å². The summed E-state index contributed by atoms with van der Waals surface area (Å²) in [6.45, 7) is 0.761. The summed E-state index contributed by atoms with van der Waals surface area (Å²) in [6, 6.07) is 7.42. The van der Waals surface area contributed by atoms with Crippen molar-refractivity contribution in [2.24, 2.45) is 0 Å². The Hall–Kier alpha value is -4.52. The minimum atomic E-state index is -0.632. The Bertz CT molecular complexity index is 1240. The lowest BCUT2D eigenvalue weighted by Crippen LogP contribution is -2.45. The molecule has 10 heteroatoms. The topological polar surface area (TPSA) is 107 Å². The number of anilines is 1. The van der Waals surface area contributed by atoms with E-state index in [0.717, 1.165) is 6.42 Å². The van der Waals surface area contributed by atoms with Crippen molar-refractivity contribution in [1.82, 2.24) is 19.9 Å². The molecule has 0 bridgehead atoms. The van der Waals surface area contributed by atoms with E-state index in [9.17, 15) is 14.0 Å². The predicted octanol–water partition coefficient (Wildman–Crippen LogP) is 3.44. The minimum Gasteiger partial charge on any atom is -0.496 e. The van der Waals surface area contributed by atoms with Crippen molar-refractivity contribution >= 4 is 17.7 Å². The molecule has 1 atom stereocenters. The number of nitrogens with one attached hydrogen (secondary N) is 1. The number of nitrogens with zero attached hydrogens (tertiary/aromatic N) is 4. The maximum absolute atomic E-state index is 14.9. The van der Waals surface area contributed by atoms with Gasteiger partial charge >= 0.3 is 5.97 Å². The average Bonchev–Trinajstić information content (AvgIpc) is 2.93. The molecule has 0 unspecified atom stereocenters. The molecule has 1 N–H and O–H groups in total. The van der Waals surface area contributed by atoms with Gasteiger partial charge in [-0.05, 0) is 31.0 Å². The van der Waals surface area contributed by atoms with Crippen LogP contribution in [0.1, 0.15) is 33.6 Å². The fourth-order valence-corrected chi connectivity index (χ4v) is 4.02. The number of likely N-dealkylation sites (tertiary alicyclic amines) is 1. The lowest BCUT2D eigenvalue weighted by Gasteiger charge is -2.34. The second-order valence-electron chi connectivity index (χ2n) is 7.70. The summed E-state index contributed by atoms with van der Waals surface area (Å²) in [5, 5.41) is 3.23. The number of hydrogen-bond donors (Lipinski definition) is 1. The first-order chi connectivity index (χ1) is 17.5. The van der Waals surface area contributed by atoms with Crippen molar-refractivity contribution in [2.45, 2.75) is 18.9 Å². The van der Waals surface area contributed by atoms with Crippen LogP contribution in [0.4, 0.5) is 10.2 Å². The molecule has 1 aliphatic heterocycles. The SMILES string of the molecule is C#C.COC(=O)c1c(OC)ccnc1N[C@@H]1CCCN(C(=O)c2c(F)cccc2-c2ncccn2)C1. The Kier molecular flexibility index (Phi) is 8.89. The third-order valence-electron chi connectivity index (χ3n) is 5.61. The van der Waals surface area contributed by atoms with E-state index in [1.807, 2.05) is 0 Å². The number of terminal acetylenes is 1. The van der Waals surface area contributed by atoms with E-state index < -0.39 is 17.7 Å². The largest absolute Gasteiger partial charge is 0.496 e. The number of carbonyl (C=O) groups is 2. The quantitative estimate of drug-likeness (QED) is 0.413. The molecule has 1 aliphatic rings. The second-order valence-corrected chi connectivity index (χ2v) is 7.70. The van der Waals surface area contributed by atoms with Gasteiger partial charge in [-0.3, -0.25) is 4.79 Å². The predicted molar refractivity (Wildman–Crippen MR) is 132 cm³/mol. The number of piperidine rings is 1. The zero-order valence-corrected chi connectivity index (χ0v) is 20.0. The summed E-state index contributed by atoms with van der Waals surface area (Å²) in [4.78, 5) is 40.0. The standard InChI is InChI=1S/C24H24FN5O4.C2H2/c1-33-18-9-12-28-22(20(18)24(32)34-2)29-15-6-4-13-30(14-15)23(31)19-16(7-3-8-17(19)25)21-26-10-5-11-27-21;1-2/h3,5,7-12,15H,4,6,13-14H2,1-2H3,(H,28,29);1-2H/t15-;/m1./s1. The molecule has 1 aromatic carbocycles. The van der Waals surface area contributed by atoms with Gasteiger partial charge in [0.1, 0.15) is 22.9 Å². The van der Waals surface area contributed by atoms with Gasteiger partial charge in [0.05, 0.1) is 19.8 Å². The third kappa shape index (κ3) is 5.58. The van der Waals surface area contributed by atoms with Gasteiger partial charge in [0, 0.05) is 43.3 Å². The van der Waals surface area contributed by atoms with Gasteiger partial charge in [0.25, 0.3) is 5.91 Å². The normalized spacial score (nSPS) is 14.7. The number of aromatic nitrogens is 3. The van der Waals surface area contributed by atoms with Gasteiger partial charge in [-0.15, -0.1) is 12.8 Å². The Morgan fingerprint density at radius 2 is 1.81 bits per heavy atom. The van der Waals surface area contributed by atoms with Crippen molar-refractivity contribution in [3.63, 3.8) is 0 Å². The highest BCUT2D eigenvalue weighted by Crippen LogP contribution is 2.28. The number of ether oxygens (including phenoxy) is 2. The third-order valence-corrected chi connectivity index (χ3v) is 5.61. The van der Waals surface area contributed by atoms with Gasteiger partial charge < -0.3 is 19.7 Å². The number of esters is 1. The number of benzene rings is 1. The van der Waals surface area contributed by atoms with Gasteiger partial charge in [-0.25, -0.2) is 24.1 Å². The lowest BCUT2D eigenvalue weighted by molar-refractivity contribution is 0.0596. The van der Waals surface area contributed by atoms with Gasteiger partial charge in [0.15, 0.2) is 5.82 Å². The molecule has 36 heavy (non-hydrogen) atoms. The van der Waals surface area contributed by atoms with Crippen LogP contribution in [-0.4, -0.2) is 65.1 Å². The van der Waals surface area contributed by atoms with Crippen molar-refractivity contribution in [1.29, 1.82) is 0 Å². The Morgan fingerprint density at radius 3 is 2.50 bits per heavy atom. The second kappa shape index (κ2) is 12.3. The zero-order valence-electron chi connectivity index (χ0n) is 20.0. The van der Waals surface area contributed by atoms with E-state index in [-0.39, 0.29) is 23.0 Å². The molecule has 0 spiro atoms. The molecular weight excluding hydrogens is 465 g/mol. The molecule has 2 aromatic heterocycles. The first kappa shape index (κ1) is 26.1. The van der Waals surface area contributed by atoms with Crippen molar-refractivity contribution < 1.29 is 23.5 Å². The number of pyridine rings is 1. The van der Waals surface area contributed by atoms with E-state index >= 15 is 0 Å². The van der Waals surface area contributed by atoms with Crippen LogP contribution < -0.4 is 10.1 Å². The van der Waals surface area contributed by atoms with Crippen LogP contribution in [0.2, 0.25) is 0 Å². The zero-order chi connectivity index (χ0) is 26.1. The number of rotatable bonds is 6. The van der Waals surface area contributed by atoms with Gasteiger partial charge in [-0.2, -0.15) is 0 Å². The fourth-order valence-electron chi connectivity index (χ4n) is 4.02. The molecular formula is C26H26FN5O4. The van der Waals surface area contributed by atoms with E-state index in [2.05, 4.69) is 33.1 Å². The maximum atomic E-state index is 14.9. The minimum absolute atomic E-state index is 0.0656. The van der Waals surface area contributed by atoms with E-state index in [4.69, 9.17) is 9.47 Å². The van der Waals surface area contributed by atoms with Crippen LogP contribution in [0.3, 0.4) is 0 Å². The average molecular weight is 492 g/mol. The smallest absolute Gasteiger partial charge is 0.345 e. The van der Waals surface area contributed by atoms with Crippen molar-refractivity contribution in [3.05, 3.63) is 65.9 Å². The molecule has 1 fully saturated rings. The fraction of sp³-hybridized carbons (Fsp3) is 0.269. The van der Waals surface area contributed by atoms with Crippen molar-refractivity contribution in [3.8, 4) is 30.0 Å². The Balaban J connectivity index is 0.00000176. The highest BCUT2D eigenvalue weighted by Gasteiger charge is 2.30. The molecule has 1 saturated heterocycles. The molecule has 4 rings (SSSR count). The van der Waals surface area contributed by atoms with E-state index in [0.29, 0.717) is 36.6 Å². The first-order valence-corrected chi connectivity index (χ1v) is 11.1. The number of hydrogen-bond acceptors (Lipinski definition) is 8. The number of carbonyl (C=O) groups excluding carboxylic acids is 2. The summed E-state index contributed by atoms with van der Waals surface area (Å²) in [6.07, 6.45) is 14.0. The summed E-state index contributed by atoms with van der Waals surface area (Å²) < 4.78 is 25.0. The van der Waals surface area contributed by atoms with E-state index in [1.54, 1.807) is 35.5 Å². The number of halogens is 1. The molecule has 186 valence electrons. The molecule has 3 aromatic rings. The molecule has 1 amide bonds. The molecule has 3 heterocycles. The molecule has 9 nitrogen and oxygen atoms in total. The van der Waals surface area contributed by atoms with Crippen LogP contribution in [-0.2, 0) is 4.74 Å². The van der Waals surface area contributed by atoms with Gasteiger partial charge in [0.2, 0.25) is 0 Å². The van der Waals surface area contributed by atoms with E-state index in [1.165, 1.54) is 32.5 Å². The monoisotopic (exact) mass is 491 g/mol. The summed E-state index contributed by atoms with van der Waals surface area (Å²) in [5.41, 5.74) is 0.445. The van der Waals surface area contributed by atoms with Crippen LogP contribution in [0.5, 0.6) is 5.75 Å². The summed E-state index contributed by atoms with van der Waals surface area (Å²) in [5.74, 6) is -0.761. The summed E-state index contributed by atoms with van der Waals surface area (Å²) in [7, 11) is 2.73. The number of amides is 1. The Morgan fingerprint density at radius 1 is 1.06 bits per heavy atom. The molecule has 0 radical (unpaired) electrons. The van der Waals surface area contributed by atoms with Gasteiger partial charge in [-0.1, -0.05) is 12.1 Å². The highest BCUT2D eigenvalue weighted by molar-refractivity contribution is 6.00. The van der Waals surface area contributed by atoms with Crippen molar-refractivity contribution in [2.75, 3.05) is 32.6 Å². The summed E-state index contributed by atoms with van der Waals surface area (Å²) >= 11 is 0. The van der Waals surface area contributed by atoms with Crippen LogP contribution >= 0.6 is 0 Å². The number of methoxy groups -OCH3 is 2. The first-order valence-electron chi connectivity index (χ1n) is 11.1. The highest BCUT2D eigenvalue weighted by atomic mass is 19.1. The molecule has 0 saturated carbocycles. The maximum Gasteiger partial charge on any atom is 0.345 e. The van der Waals surface area contributed by atoms with Crippen LogP contribution in [0, 0.1) is 18.7 Å². The van der Waals surface area contributed by atoms with Crippen LogP contribution in [0.15, 0.2) is 48.9 Å². The Labute approximate surface area is 208 Å². The molecule has 0 aliphatic carbocycles. The lowest BCUT2D eigenvalue weighted by atomic mass is 10.0.